The molecule has 1 aliphatic rings. The van der Waals surface area contributed by atoms with Gasteiger partial charge in [0.25, 0.3) is 5.91 Å². The molecule has 5 nitrogen and oxygen atoms in total. The number of nitrogens with one attached hydrogen (secondary N) is 2. The number of carbonyl (C=O) groups is 2. The van der Waals surface area contributed by atoms with Crippen molar-refractivity contribution in [2.24, 2.45) is 0 Å². The first-order valence-electron chi connectivity index (χ1n) is 9.81. The highest BCUT2D eigenvalue weighted by atomic mass is 32.1. The van der Waals surface area contributed by atoms with Gasteiger partial charge in [0, 0.05) is 22.0 Å². The summed E-state index contributed by atoms with van der Waals surface area (Å²) in [5.41, 5.74) is 4.72. The summed E-state index contributed by atoms with van der Waals surface area (Å²) in [4.78, 5) is 29.3. The molecule has 2 amide bonds. The SMILES string of the molecule is O=C(Cc1csc(NC(=O)c2ccccc2)n1)Nc1ccc2c3c(cccc13)CC2. The molecule has 3 aromatic carbocycles. The maximum Gasteiger partial charge on any atom is 0.257 e. The van der Waals surface area contributed by atoms with E-state index in [2.05, 4.69) is 33.8 Å². The summed E-state index contributed by atoms with van der Waals surface area (Å²) in [6, 6.07) is 19.3. The summed E-state index contributed by atoms with van der Waals surface area (Å²) in [6.07, 6.45) is 2.27. The zero-order valence-electron chi connectivity index (χ0n) is 16.1. The van der Waals surface area contributed by atoms with Gasteiger partial charge in [-0.2, -0.15) is 0 Å². The van der Waals surface area contributed by atoms with Gasteiger partial charge in [0.05, 0.1) is 12.1 Å². The maximum absolute atomic E-state index is 12.6. The number of aryl methyl sites for hydroxylation is 2. The fraction of sp³-hybridized carbons (Fsp3) is 0.125. The van der Waals surface area contributed by atoms with Gasteiger partial charge in [-0.15, -0.1) is 11.3 Å². The molecular formula is C24H19N3O2S. The van der Waals surface area contributed by atoms with Crippen LogP contribution in [0, 0.1) is 0 Å². The average molecular weight is 414 g/mol. The molecule has 0 spiro atoms. The Hall–Kier alpha value is -3.51. The Bertz CT molecular complexity index is 1250. The lowest BCUT2D eigenvalue weighted by Crippen LogP contribution is -2.15. The van der Waals surface area contributed by atoms with E-state index in [1.54, 1.807) is 17.5 Å². The Morgan fingerprint density at radius 1 is 0.900 bits per heavy atom. The number of anilines is 2. The quantitative estimate of drug-likeness (QED) is 0.492. The first kappa shape index (κ1) is 18.5. The fourth-order valence-corrected chi connectivity index (χ4v) is 4.62. The van der Waals surface area contributed by atoms with Crippen LogP contribution in [0.1, 0.15) is 27.2 Å². The van der Waals surface area contributed by atoms with Gasteiger partial charge in [-0.3, -0.25) is 14.9 Å². The van der Waals surface area contributed by atoms with Crippen molar-refractivity contribution in [3.05, 3.63) is 88.4 Å². The number of hydrogen-bond donors (Lipinski definition) is 2. The van der Waals surface area contributed by atoms with Crippen molar-refractivity contribution >= 4 is 44.7 Å². The van der Waals surface area contributed by atoms with Crippen molar-refractivity contribution < 1.29 is 9.59 Å². The number of benzene rings is 3. The maximum atomic E-state index is 12.6. The molecule has 1 aromatic heterocycles. The van der Waals surface area contributed by atoms with Gasteiger partial charge in [0.1, 0.15) is 0 Å². The third-order valence-corrected chi connectivity index (χ3v) is 6.11. The predicted octanol–water partition coefficient (Wildman–Crippen LogP) is 4.83. The second-order valence-electron chi connectivity index (χ2n) is 7.30. The smallest absolute Gasteiger partial charge is 0.257 e. The second kappa shape index (κ2) is 7.72. The highest BCUT2D eigenvalue weighted by molar-refractivity contribution is 7.14. The van der Waals surface area contributed by atoms with Crippen LogP contribution in [0.4, 0.5) is 10.8 Å². The van der Waals surface area contributed by atoms with Crippen molar-refractivity contribution in [3.63, 3.8) is 0 Å². The first-order valence-corrected chi connectivity index (χ1v) is 10.7. The summed E-state index contributed by atoms with van der Waals surface area (Å²) in [5, 5.41) is 10.5. The lowest BCUT2D eigenvalue weighted by Gasteiger charge is -2.10. The van der Waals surface area contributed by atoms with Crippen LogP contribution in [0.5, 0.6) is 0 Å². The molecule has 0 radical (unpaired) electrons. The third kappa shape index (κ3) is 3.57. The molecule has 30 heavy (non-hydrogen) atoms. The van der Waals surface area contributed by atoms with Crippen molar-refractivity contribution in [2.75, 3.05) is 10.6 Å². The van der Waals surface area contributed by atoms with E-state index in [9.17, 15) is 9.59 Å². The normalized spacial score (nSPS) is 12.1. The van der Waals surface area contributed by atoms with Crippen LogP contribution >= 0.6 is 11.3 Å². The largest absolute Gasteiger partial charge is 0.325 e. The summed E-state index contributed by atoms with van der Waals surface area (Å²) in [6.45, 7) is 0. The molecule has 0 fully saturated rings. The van der Waals surface area contributed by atoms with Crippen molar-refractivity contribution in [2.45, 2.75) is 19.3 Å². The van der Waals surface area contributed by atoms with E-state index in [-0.39, 0.29) is 18.2 Å². The molecular weight excluding hydrogens is 394 g/mol. The standard InChI is InChI=1S/C24H19N3O2S/c28-21(26-20-12-11-16-10-9-15-7-4-8-19(20)22(15)16)13-18-14-30-24(25-18)27-23(29)17-5-2-1-3-6-17/h1-8,11-12,14H,9-10,13H2,(H,26,28)(H,25,27,29). The summed E-state index contributed by atoms with van der Waals surface area (Å²) >= 11 is 1.31. The monoisotopic (exact) mass is 413 g/mol. The van der Waals surface area contributed by atoms with Crippen molar-refractivity contribution in [3.8, 4) is 0 Å². The number of thiazole rings is 1. The molecule has 5 rings (SSSR count). The van der Waals surface area contributed by atoms with E-state index in [4.69, 9.17) is 0 Å². The number of carbonyl (C=O) groups excluding carboxylic acids is 2. The zero-order valence-corrected chi connectivity index (χ0v) is 17.0. The molecule has 0 saturated carbocycles. The Morgan fingerprint density at radius 2 is 1.70 bits per heavy atom. The number of hydrogen-bond acceptors (Lipinski definition) is 4. The predicted molar refractivity (Wildman–Crippen MR) is 120 cm³/mol. The van der Waals surface area contributed by atoms with Crippen LogP contribution in [0.2, 0.25) is 0 Å². The van der Waals surface area contributed by atoms with Gasteiger partial charge < -0.3 is 5.32 Å². The van der Waals surface area contributed by atoms with E-state index in [0.29, 0.717) is 16.4 Å². The summed E-state index contributed by atoms with van der Waals surface area (Å²) in [5.74, 6) is -0.339. The van der Waals surface area contributed by atoms with Gasteiger partial charge in [-0.05, 0) is 47.6 Å². The molecule has 2 N–H and O–H groups in total. The zero-order chi connectivity index (χ0) is 20.5. The van der Waals surface area contributed by atoms with Gasteiger partial charge >= 0.3 is 0 Å². The fourth-order valence-electron chi connectivity index (χ4n) is 3.92. The average Bonchev–Trinajstić information content (AvgIpc) is 3.38. The van der Waals surface area contributed by atoms with Crippen molar-refractivity contribution in [1.29, 1.82) is 0 Å². The number of aromatic nitrogens is 1. The van der Waals surface area contributed by atoms with Crippen LogP contribution in [0.25, 0.3) is 10.8 Å². The second-order valence-corrected chi connectivity index (χ2v) is 8.16. The molecule has 0 unspecified atom stereocenters. The van der Waals surface area contributed by atoms with E-state index in [1.165, 1.54) is 27.8 Å². The summed E-state index contributed by atoms with van der Waals surface area (Å²) in [7, 11) is 0. The molecule has 6 heteroatoms. The minimum absolute atomic E-state index is 0.125. The Balaban J connectivity index is 1.27. The van der Waals surface area contributed by atoms with Crippen LogP contribution in [-0.4, -0.2) is 16.8 Å². The molecule has 0 aliphatic heterocycles. The van der Waals surface area contributed by atoms with Gasteiger partial charge in [0.15, 0.2) is 5.13 Å². The third-order valence-electron chi connectivity index (χ3n) is 5.30. The van der Waals surface area contributed by atoms with E-state index < -0.39 is 0 Å². The molecule has 0 bridgehead atoms. The van der Waals surface area contributed by atoms with E-state index in [1.807, 2.05) is 30.3 Å². The lowest BCUT2D eigenvalue weighted by molar-refractivity contribution is -0.115. The Kier molecular flexibility index (Phi) is 4.77. The number of rotatable bonds is 5. The van der Waals surface area contributed by atoms with E-state index in [0.717, 1.165) is 23.9 Å². The topological polar surface area (TPSA) is 71.1 Å². The Morgan fingerprint density at radius 3 is 2.53 bits per heavy atom. The minimum atomic E-state index is -0.214. The molecule has 1 heterocycles. The Labute approximate surface area is 177 Å². The molecule has 0 atom stereocenters. The lowest BCUT2D eigenvalue weighted by atomic mass is 10.0. The molecule has 148 valence electrons. The van der Waals surface area contributed by atoms with Crippen LogP contribution in [0.3, 0.4) is 0 Å². The molecule has 4 aromatic rings. The highest BCUT2D eigenvalue weighted by Gasteiger charge is 2.17. The molecule has 1 aliphatic carbocycles. The first-order chi connectivity index (χ1) is 14.7. The molecule has 0 saturated heterocycles. The van der Waals surface area contributed by atoms with Gasteiger partial charge in [-0.1, -0.05) is 42.5 Å². The van der Waals surface area contributed by atoms with Crippen LogP contribution in [0.15, 0.2) is 66.0 Å². The van der Waals surface area contributed by atoms with Crippen molar-refractivity contribution in [1.82, 2.24) is 4.98 Å². The van der Waals surface area contributed by atoms with Crippen LogP contribution < -0.4 is 10.6 Å². The minimum Gasteiger partial charge on any atom is -0.325 e. The van der Waals surface area contributed by atoms with Crippen LogP contribution in [-0.2, 0) is 24.1 Å². The number of amides is 2. The van der Waals surface area contributed by atoms with Gasteiger partial charge in [0.2, 0.25) is 5.91 Å². The number of nitrogens with zero attached hydrogens (tertiary/aromatic N) is 1. The van der Waals surface area contributed by atoms with Gasteiger partial charge in [-0.25, -0.2) is 4.98 Å². The highest BCUT2D eigenvalue weighted by Crippen LogP contribution is 2.35. The summed E-state index contributed by atoms with van der Waals surface area (Å²) < 4.78 is 0. The van der Waals surface area contributed by atoms with E-state index >= 15 is 0 Å².